The van der Waals surface area contributed by atoms with Crippen molar-refractivity contribution in [1.82, 2.24) is 15.0 Å². The molecular weight excluding hydrogens is 1020 g/mol. The van der Waals surface area contributed by atoms with Crippen LogP contribution in [0, 0.1) is 0 Å². The summed E-state index contributed by atoms with van der Waals surface area (Å²) in [5, 5.41) is 19.3. The molecule has 0 bridgehead atoms. The fourth-order valence-corrected chi connectivity index (χ4v) is 8.84. The Bertz CT molecular complexity index is 1590. The molecule has 20 nitrogen and oxygen atoms in total. The molecule has 0 aromatic carbocycles. The molecule has 0 saturated heterocycles. The fraction of sp³-hybridized carbons (Fsp3) is 0.930. The van der Waals surface area contributed by atoms with E-state index in [1.54, 1.807) is 28.9 Å². The smallest absolute Gasteiger partial charge is 0.304 e. The molecule has 462 valence electrons. The number of anilines is 3. The first-order valence-electron chi connectivity index (χ1n) is 30.3. The molecule has 0 amide bonds. The van der Waals surface area contributed by atoms with Gasteiger partial charge in [-0.3, -0.25) is 23.7 Å². The minimum absolute atomic E-state index is 0.0109. The summed E-state index contributed by atoms with van der Waals surface area (Å²) in [5.74, 6) is 0.409. The lowest BCUT2D eigenvalue weighted by Crippen LogP contribution is -2.50. The first-order valence-corrected chi connectivity index (χ1v) is 31.6. The number of hydrogen-bond acceptors (Lipinski definition) is 19. The minimum atomic E-state index is -4.41. The first-order chi connectivity index (χ1) is 37.8. The van der Waals surface area contributed by atoms with Gasteiger partial charge < -0.3 is 47.7 Å². The van der Waals surface area contributed by atoms with Crippen LogP contribution in [-0.2, 0) is 47.8 Å². The van der Waals surface area contributed by atoms with Crippen LogP contribution < -0.4 is 14.7 Å². The van der Waals surface area contributed by atoms with Gasteiger partial charge in [0.2, 0.25) is 28.2 Å². The van der Waals surface area contributed by atoms with E-state index < -0.39 is 16.4 Å². The molecule has 0 radical (unpaired) electrons. The number of methoxy groups -OCH3 is 2. The van der Waals surface area contributed by atoms with Crippen molar-refractivity contribution in [2.45, 2.75) is 226 Å². The van der Waals surface area contributed by atoms with Crippen LogP contribution in [0.1, 0.15) is 226 Å². The highest BCUT2D eigenvalue weighted by atomic mass is 32.3. The summed E-state index contributed by atoms with van der Waals surface area (Å²) in [7, 11) is 1.60. The van der Waals surface area contributed by atoms with Gasteiger partial charge >= 0.3 is 5.97 Å². The Kier molecular flexibility index (Phi) is 52.0. The number of aromatic nitrogens is 3. The zero-order valence-electron chi connectivity index (χ0n) is 50.5. The zero-order valence-corrected chi connectivity index (χ0v) is 51.3. The van der Waals surface area contributed by atoms with Crippen LogP contribution >= 0.6 is 0 Å². The average Bonchev–Trinajstić information content (AvgIpc) is 3.43. The van der Waals surface area contributed by atoms with Crippen LogP contribution in [0.15, 0.2) is 0 Å². The standard InChI is InChI=1S/C56H112N7O9.CH4O4S/c1-7-9-11-13-15-17-19-21-23-25-27-29-31-33-35-37-44-69-49-60(47-67-5)54-57-55(61(48-68-6)50-71-46-41-63(4,39-42-64)40-43-65)59-56(58-54)62(52-72-53(3)66)51-70-45-38-36-34-32-30-28-26-24-22-20-18-16-14-12-10-8-2;1-5-6(2,3)4/h64-65H,7-52H2,1-6H3;1H3,(H,2,3,4)/q+1;/p-1. The molecule has 0 spiro atoms. The second-order valence-corrected chi connectivity index (χ2v) is 22.1. The highest BCUT2D eigenvalue weighted by molar-refractivity contribution is 7.80. The van der Waals surface area contributed by atoms with Crippen LogP contribution in [0.5, 0.6) is 0 Å². The number of aliphatic hydroxyl groups excluding tert-OH is 2. The summed E-state index contributed by atoms with van der Waals surface area (Å²) in [6, 6.07) is 0. The molecule has 0 atom stereocenters. The van der Waals surface area contributed by atoms with Gasteiger partial charge in [0, 0.05) is 34.4 Å². The maximum Gasteiger partial charge on any atom is 0.304 e. The van der Waals surface area contributed by atoms with Gasteiger partial charge in [-0.1, -0.05) is 206 Å². The van der Waals surface area contributed by atoms with E-state index in [1.165, 1.54) is 187 Å². The summed E-state index contributed by atoms with van der Waals surface area (Å²) in [6.07, 6.45) is 41.9. The molecule has 78 heavy (non-hydrogen) atoms. The first kappa shape index (κ1) is 75.4. The van der Waals surface area contributed by atoms with E-state index >= 15 is 0 Å². The summed E-state index contributed by atoms with van der Waals surface area (Å²) < 4.78 is 66.8. The number of hydrogen-bond donors (Lipinski definition) is 2. The zero-order chi connectivity index (χ0) is 57.6. The maximum absolute atomic E-state index is 12.1. The van der Waals surface area contributed by atoms with E-state index in [0.717, 1.165) is 32.8 Å². The molecule has 1 heterocycles. The third kappa shape index (κ3) is 46.1. The van der Waals surface area contributed by atoms with Crippen LogP contribution in [0.3, 0.4) is 0 Å². The second-order valence-electron chi connectivity index (χ2n) is 21.0. The molecule has 1 aromatic heterocycles. The monoisotopic (exact) mass is 1140 g/mol. The van der Waals surface area contributed by atoms with Gasteiger partial charge in [0.25, 0.3) is 0 Å². The number of aliphatic hydroxyl groups is 2. The van der Waals surface area contributed by atoms with Crippen LogP contribution in [0.2, 0.25) is 0 Å². The van der Waals surface area contributed by atoms with Crippen molar-refractivity contribution < 1.29 is 65.1 Å². The van der Waals surface area contributed by atoms with Crippen molar-refractivity contribution in [3.63, 3.8) is 0 Å². The summed E-state index contributed by atoms with van der Waals surface area (Å²) in [5.41, 5.74) is 0. The lowest BCUT2D eigenvalue weighted by atomic mass is 10.0. The van der Waals surface area contributed by atoms with Gasteiger partial charge in [0.05, 0.1) is 34.0 Å². The average molecular weight is 1140 g/mol. The Morgan fingerprint density at radius 3 is 0.987 bits per heavy atom. The van der Waals surface area contributed by atoms with Gasteiger partial charge in [0.15, 0.2) is 6.73 Å². The molecule has 1 rings (SSSR count). The van der Waals surface area contributed by atoms with Gasteiger partial charge in [-0.15, -0.1) is 0 Å². The molecule has 0 aliphatic heterocycles. The molecule has 0 fully saturated rings. The molecule has 2 N–H and O–H groups in total. The van der Waals surface area contributed by atoms with E-state index in [-0.39, 0.29) is 65.5 Å². The van der Waals surface area contributed by atoms with E-state index in [0.29, 0.717) is 49.9 Å². The molecular formula is C57H115N7O13S. The lowest BCUT2D eigenvalue weighted by Gasteiger charge is -2.33. The maximum atomic E-state index is 12.1. The SMILES string of the molecule is CCCCCCCCCCCCCCCCCCOCN(COC)c1nc(N(COC)COCC[N+](C)(CCO)CCO)nc(N(COCCCCCCCCCCCCCCCCCC)COC(C)=O)n1.COS(=O)(=O)[O-]. The van der Waals surface area contributed by atoms with E-state index in [9.17, 15) is 28.0 Å². The highest BCUT2D eigenvalue weighted by Gasteiger charge is 2.24. The summed E-state index contributed by atoms with van der Waals surface area (Å²) >= 11 is 0. The largest absolute Gasteiger partial charge is 0.726 e. The molecule has 0 saturated carbocycles. The van der Waals surface area contributed by atoms with Crippen molar-refractivity contribution in [2.24, 2.45) is 0 Å². The van der Waals surface area contributed by atoms with Gasteiger partial charge in [-0.05, 0) is 12.8 Å². The third-order valence-corrected chi connectivity index (χ3v) is 14.1. The third-order valence-electron chi connectivity index (χ3n) is 13.7. The van der Waals surface area contributed by atoms with E-state index in [1.807, 2.05) is 7.05 Å². The van der Waals surface area contributed by atoms with E-state index in [4.69, 9.17) is 43.4 Å². The highest BCUT2D eigenvalue weighted by Crippen LogP contribution is 2.22. The Hall–Kier alpha value is -2.57. The molecule has 0 unspecified atom stereocenters. The minimum Gasteiger partial charge on any atom is -0.726 e. The van der Waals surface area contributed by atoms with Crippen LogP contribution in [0.4, 0.5) is 17.8 Å². The fourth-order valence-electron chi connectivity index (χ4n) is 8.84. The molecule has 21 heteroatoms. The number of esters is 1. The van der Waals surface area contributed by atoms with Crippen molar-refractivity contribution in [2.75, 3.05) is 136 Å². The van der Waals surface area contributed by atoms with Crippen LogP contribution in [-0.4, -0.2) is 170 Å². The Labute approximate surface area is 474 Å². The van der Waals surface area contributed by atoms with Crippen molar-refractivity contribution >= 4 is 34.2 Å². The van der Waals surface area contributed by atoms with Crippen molar-refractivity contribution in [3.8, 4) is 0 Å². The van der Waals surface area contributed by atoms with Gasteiger partial charge in [-0.2, -0.15) is 15.0 Å². The van der Waals surface area contributed by atoms with Crippen molar-refractivity contribution in [3.05, 3.63) is 0 Å². The number of carbonyl (C=O) groups excluding carboxylic acids is 1. The van der Waals surface area contributed by atoms with Crippen LogP contribution in [0.25, 0.3) is 0 Å². The topological polar surface area (TPSA) is 228 Å². The number of quaternary nitrogens is 1. The lowest BCUT2D eigenvalue weighted by molar-refractivity contribution is -0.910. The quantitative estimate of drug-likeness (QED) is 0.0154. The Morgan fingerprint density at radius 1 is 0.462 bits per heavy atom. The Morgan fingerprint density at radius 2 is 0.731 bits per heavy atom. The summed E-state index contributed by atoms with van der Waals surface area (Å²) in [4.78, 5) is 32.0. The molecule has 0 aliphatic rings. The summed E-state index contributed by atoms with van der Waals surface area (Å²) in [6.45, 7) is 9.59. The Balaban J connectivity index is 0.00000929. The van der Waals surface area contributed by atoms with Gasteiger partial charge in [-0.25, -0.2) is 8.42 Å². The molecule has 1 aromatic rings. The number of unbranched alkanes of at least 4 members (excludes halogenated alkanes) is 30. The number of carbonyl (C=O) groups is 1. The normalized spacial score (nSPS) is 11.7. The second kappa shape index (κ2) is 53.7. The van der Waals surface area contributed by atoms with Gasteiger partial charge in [0.1, 0.15) is 53.3 Å². The molecule has 0 aliphatic carbocycles. The number of rotatable bonds is 57. The van der Waals surface area contributed by atoms with Crippen molar-refractivity contribution in [1.29, 1.82) is 0 Å². The number of ether oxygens (including phenoxy) is 6. The number of nitrogens with zero attached hydrogens (tertiary/aromatic N) is 7. The number of likely N-dealkylation sites (N-methyl/N-ethyl adjacent to an activating group) is 1. The van der Waals surface area contributed by atoms with E-state index in [2.05, 4.69) is 18.0 Å². The predicted octanol–water partition coefficient (Wildman–Crippen LogP) is 11.0. The predicted molar refractivity (Wildman–Crippen MR) is 311 cm³/mol.